The normalized spacial score (nSPS) is 15.5. The van der Waals surface area contributed by atoms with E-state index in [1.807, 2.05) is 13.0 Å². The molecule has 150 valence electrons. The summed E-state index contributed by atoms with van der Waals surface area (Å²) in [5, 5.41) is 0. The molecule has 0 unspecified atom stereocenters. The molecule has 0 radical (unpaired) electrons. The molecule has 4 nitrogen and oxygen atoms in total. The molecular weight excluding hydrogens is 353 g/mol. The second-order valence-electron chi connectivity index (χ2n) is 7.52. The predicted octanol–water partition coefficient (Wildman–Crippen LogP) is 3.30. The fourth-order valence-corrected chi connectivity index (χ4v) is 3.66. The van der Waals surface area contributed by atoms with Crippen LogP contribution in [0.2, 0.25) is 0 Å². The van der Waals surface area contributed by atoms with Crippen LogP contribution in [0.3, 0.4) is 0 Å². The van der Waals surface area contributed by atoms with E-state index >= 15 is 0 Å². The van der Waals surface area contributed by atoms with Gasteiger partial charge in [0.2, 0.25) is 5.91 Å². The zero-order chi connectivity index (χ0) is 19.9. The Hall–Kier alpha value is -2.24. The molecule has 0 bridgehead atoms. The number of amides is 1. The molecule has 1 heterocycles. The van der Waals surface area contributed by atoms with Gasteiger partial charge in [0.15, 0.2) is 0 Å². The summed E-state index contributed by atoms with van der Waals surface area (Å²) in [7, 11) is 0. The Labute approximate surface area is 167 Å². The number of rotatable bonds is 7. The van der Waals surface area contributed by atoms with Gasteiger partial charge in [-0.3, -0.25) is 14.6 Å². The highest BCUT2D eigenvalue weighted by molar-refractivity contribution is 5.78. The highest BCUT2D eigenvalue weighted by Crippen LogP contribution is 2.13. The number of nitrogens with zero attached hydrogens (tertiary/aromatic N) is 3. The van der Waals surface area contributed by atoms with Crippen LogP contribution < -0.4 is 0 Å². The first-order valence-corrected chi connectivity index (χ1v) is 10.1. The summed E-state index contributed by atoms with van der Waals surface area (Å²) in [6.45, 7) is 10.3. The summed E-state index contributed by atoms with van der Waals surface area (Å²) in [6, 6.07) is 15.0. The Morgan fingerprint density at radius 3 is 2.43 bits per heavy atom. The van der Waals surface area contributed by atoms with E-state index in [0.717, 1.165) is 38.3 Å². The molecule has 2 aromatic rings. The van der Waals surface area contributed by atoms with Crippen LogP contribution in [0.1, 0.15) is 23.6 Å². The van der Waals surface area contributed by atoms with Gasteiger partial charge in [0.1, 0.15) is 5.82 Å². The molecule has 0 N–H and O–H groups in total. The molecule has 2 aromatic carbocycles. The maximum Gasteiger partial charge on any atom is 0.237 e. The van der Waals surface area contributed by atoms with Crippen molar-refractivity contribution in [2.24, 2.45) is 0 Å². The minimum atomic E-state index is -0.259. The number of carbonyl (C=O) groups is 1. The van der Waals surface area contributed by atoms with E-state index in [1.54, 1.807) is 11.0 Å². The molecule has 0 aromatic heterocycles. The van der Waals surface area contributed by atoms with E-state index in [0.29, 0.717) is 19.6 Å². The fraction of sp³-hybridized carbons (Fsp3) is 0.435. The first-order chi connectivity index (χ1) is 13.5. The van der Waals surface area contributed by atoms with Gasteiger partial charge in [0.25, 0.3) is 0 Å². The van der Waals surface area contributed by atoms with Gasteiger partial charge < -0.3 is 4.90 Å². The van der Waals surface area contributed by atoms with Crippen LogP contribution in [-0.4, -0.2) is 59.9 Å². The molecular formula is C23H30FN3O. The second kappa shape index (κ2) is 9.80. The molecule has 0 saturated carbocycles. The van der Waals surface area contributed by atoms with Crippen molar-refractivity contribution in [3.05, 3.63) is 71.0 Å². The van der Waals surface area contributed by atoms with Crippen LogP contribution in [0.25, 0.3) is 0 Å². The number of hydrogen-bond donors (Lipinski definition) is 0. The third kappa shape index (κ3) is 5.63. The van der Waals surface area contributed by atoms with E-state index in [1.165, 1.54) is 23.3 Å². The van der Waals surface area contributed by atoms with E-state index in [-0.39, 0.29) is 11.7 Å². The highest BCUT2D eigenvalue weighted by atomic mass is 19.1. The van der Waals surface area contributed by atoms with Crippen molar-refractivity contribution in [2.45, 2.75) is 26.9 Å². The topological polar surface area (TPSA) is 26.8 Å². The summed E-state index contributed by atoms with van der Waals surface area (Å²) in [4.78, 5) is 19.2. The van der Waals surface area contributed by atoms with Gasteiger partial charge in [0, 0.05) is 45.8 Å². The van der Waals surface area contributed by atoms with Gasteiger partial charge in [-0.2, -0.15) is 0 Å². The average molecular weight is 384 g/mol. The predicted molar refractivity (Wildman–Crippen MR) is 110 cm³/mol. The lowest BCUT2D eigenvalue weighted by molar-refractivity contribution is -0.133. The van der Waals surface area contributed by atoms with E-state index in [2.05, 4.69) is 41.0 Å². The molecule has 1 aliphatic heterocycles. The molecule has 0 spiro atoms. The van der Waals surface area contributed by atoms with Crippen molar-refractivity contribution in [3.63, 3.8) is 0 Å². The highest BCUT2D eigenvalue weighted by Gasteiger charge is 2.21. The lowest BCUT2D eigenvalue weighted by Gasteiger charge is -2.35. The number of halogens is 1. The van der Waals surface area contributed by atoms with Crippen LogP contribution in [0.5, 0.6) is 0 Å². The lowest BCUT2D eigenvalue weighted by atomic mass is 10.1. The van der Waals surface area contributed by atoms with Crippen molar-refractivity contribution in [1.29, 1.82) is 0 Å². The summed E-state index contributed by atoms with van der Waals surface area (Å²) >= 11 is 0. The zero-order valence-electron chi connectivity index (χ0n) is 16.9. The molecule has 0 aliphatic carbocycles. The van der Waals surface area contributed by atoms with Gasteiger partial charge in [0.05, 0.1) is 6.54 Å². The average Bonchev–Trinajstić information content (AvgIpc) is 2.69. The number of piperazine rings is 1. The summed E-state index contributed by atoms with van der Waals surface area (Å²) in [5.74, 6) is -0.148. The van der Waals surface area contributed by atoms with Crippen LogP contribution in [-0.2, 0) is 17.9 Å². The van der Waals surface area contributed by atoms with Crippen molar-refractivity contribution in [2.75, 3.05) is 39.3 Å². The van der Waals surface area contributed by atoms with Crippen LogP contribution in [0, 0.1) is 12.7 Å². The maximum absolute atomic E-state index is 13.4. The number of carbonyl (C=O) groups excluding carboxylic acids is 1. The minimum Gasteiger partial charge on any atom is -0.338 e. The van der Waals surface area contributed by atoms with Crippen LogP contribution >= 0.6 is 0 Å². The van der Waals surface area contributed by atoms with Crippen molar-refractivity contribution >= 4 is 5.91 Å². The first-order valence-electron chi connectivity index (χ1n) is 10.1. The Morgan fingerprint density at radius 2 is 1.75 bits per heavy atom. The molecule has 5 heteroatoms. The second-order valence-corrected chi connectivity index (χ2v) is 7.52. The van der Waals surface area contributed by atoms with Crippen molar-refractivity contribution in [1.82, 2.24) is 14.7 Å². The van der Waals surface area contributed by atoms with E-state index in [9.17, 15) is 9.18 Å². The SMILES string of the molecule is CCN(Cc1cccc(F)c1)C(=O)CN1CCN(Cc2ccccc2C)CC1. The minimum absolute atomic E-state index is 0.110. The van der Waals surface area contributed by atoms with Gasteiger partial charge in [-0.05, 0) is 42.7 Å². The zero-order valence-corrected chi connectivity index (χ0v) is 16.9. The van der Waals surface area contributed by atoms with Gasteiger partial charge in [-0.25, -0.2) is 4.39 Å². The number of benzene rings is 2. The smallest absolute Gasteiger partial charge is 0.237 e. The van der Waals surface area contributed by atoms with Gasteiger partial charge in [-0.15, -0.1) is 0 Å². The molecule has 3 rings (SSSR count). The molecule has 0 atom stereocenters. The lowest BCUT2D eigenvalue weighted by Crippen LogP contribution is -2.49. The number of aryl methyl sites for hydroxylation is 1. The van der Waals surface area contributed by atoms with E-state index in [4.69, 9.17) is 0 Å². The van der Waals surface area contributed by atoms with Crippen molar-refractivity contribution in [3.8, 4) is 0 Å². The third-order valence-electron chi connectivity index (χ3n) is 5.48. The molecule has 1 fully saturated rings. The Balaban J connectivity index is 1.47. The van der Waals surface area contributed by atoms with Crippen LogP contribution in [0.4, 0.5) is 4.39 Å². The largest absolute Gasteiger partial charge is 0.338 e. The molecule has 1 amide bonds. The standard InChI is InChI=1S/C23H30FN3O/c1-3-27(16-20-8-6-10-22(24)15-20)23(28)18-26-13-11-25(12-14-26)17-21-9-5-4-7-19(21)2/h4-10,15H,3,11-14,16-18H2,1-2H3. The molecule has 28 heavy (non-hydrogen) atoms. The Morgan fingerprint density at radius 1 is 1.04 bits per heavy atom. The first kappa shape index (κ1) is 20.5. The van der Waals surface area contributed by atoms with Crippen molar-refractivity contribution < 1.29 is 9.18 Å². The Bertz CT molecular complexity index is 787. The third-order valence-corrected chi connectivity index (χ3v) is 5.48. The van der Waals surface area contributed by atoms with Crippen LogP contribution in [0.15, 0.2) is 48.5 Å². The molecule has 1 saturated heterocycles. The van der Waals surface area contributed by atoms with E-state index < -0.39 is 0 Å². The Kier molecular flexibility index (Phi) is 7.18. The summed E-state index contributed by atoms with van der Waals surface area (Å²) in [5.41, 5.74) is 3.54. The number of hydrogen-bond acceptors (Lipinski definition) is 3. The summed E-state index contributed by atoms with van der Waals surface area (Å²) < 4.78 is 13.4. The number of likely N-dealkylation sites (N-methyl/N-ethyl adjacent to an activating group) is 1. The fourth-order valence-electron chi connectivity index (χ4n) is 3.66. The quantitative estimate of drug-likeness (QED) is 0.734. The van der Waals surface area contributed by atoms with Gasteiger partial charge >= 0.3 is 0 Å². The monoisotopic (exact) mass is 383 g/mol. The van der Waals surface area contributed by atoms with Gasteiger partial charge in [-0.1, -0.05) is 36.4 Å². The maximum atomic E-state index is 13.4. The summed E-state index contributed by atoms with van der Waals surface area (Å²) in [6.07, 6.45) is 0. The molecule has 1 aliphatic rings.